The molecular formula is C23H23O14+. The van der Waals surface area contributed by atoms with E-state index in [1.54, 1.807) is 0 Å². The summed E-state index contributed by atoms with van der Waals surface area (Å²) in [5.41, 5.74) is 0.387. The van der Waals surface area contributed by atoms with Crippen LogP contribution in [0.4, 0.5) is 0 Å². The van der Waals surface area contributed by atoms with Gasteiger partial charge in [-0.15, -0.1) is 0 Å². The lowest BCUT2D eigenvalue weighted by Gasteiger charge is -2.40. The molecule has 0 radical (unpaired) electrons. The first-order valence-electron chi connectivity index (χ1n) is 10.7. The van der Waals surface area contributed by atoms with Gasteiger partial charge in [0.05, 0.1) is 11.6 Å². The maximum Gasteiger partial charge on any atom is 0.417 e. The lowest BCUT2D eigenvalue weighted by atomic mass is 9.98. The quantitative estimate of drug-likeness (QED) is 0.105. The van der Waals surface area contributed by atoms with Gasteiger partial charge < -0.3 is 59.8 Å². The number of benzene rings is 2. The molecule has 1 saturated heterocycles. The number of aliphatic carboxylic acids is 1. The summed E-state index contributed by atoms with van der Waals surface area (Å²) in [4.78, 5) is 21.9. The number of carbonyl (C=O) groups excluding carboxylic acids is 1. The van der Waals surface area contributed by atoms with E-state index in [-0.39, 0.29) is 34.1 Å². The third-order valence-corrected chi connectivity index (χ3v) is 5.73. The van der Waals surface area contributed by atoms with Crippen molar-refractivity contribution in [1.82, 2.24) is 0 Å². The van der Waals surface area contributed by atoms with Crippen molar-refractivity contribution < 1.29 is 69.4 Å². The van der Waals surface area contributed by atoms with Crippen LogP contribution in [0.3, 0.4) is 0 Å². The van der Waals surface area contributed by atoms with Crippen LogP contribution in [0.2, 0.25) is 0 Å². The van der Waals surface area contributed by atoms with E-state index in [1.165, 1.54) is 30.3 Å². The van der Waals surface area contributed by atoms with Crippen LogP contribution in [0.5, 0.6) is 28.7 Å². The van der Waals surface area contributed by atoms with Crippen LogP contribution in [-0.2, 0) is 23.8 Å². The predicted molar refractivity (Wildman–Crippen MR) is 118 cm³/mol. The number of esters is 1. The molecule has 6 atom stereocenters. The summed E-state index contributed by atoms with van der Waals surface area (Å²) in [7, 11) is 0. The normalized spacial score (nSPS) is 26.8. The van der Waals surface area contributed by atoms with Crippen molar-refractivity contribution in [3.05, 3.63) is 47.2 Å². The highest BCUT2D eigenvalue weighted by Crippen LogP contribution is 2.46. The zero-order valence-electron chi connectivity index (χ0n) is 18.7. The Balaban J connectivity index is 1.66. The number of phenols is 4. The number of aromatic hydroxyl groups is 5. The number of phenolic OH excluding ortho intramolecular Hbond substituents is 4. The van der Waals surface area contributed by atoms with Crippen molar-refractivity contribution in [2.75, 3.05) is 6.61 Å². The molecule has 0 saturated carbocycles. The Morgan fingerprint density at radius 3 is 2.32 bits per heavy atom. The number of carboxylic acids is 1. The Morgan fingerprint density at radius 1 is 0.919 bits per heavy atom. The standard InChI is InChI=1S/C23H22O14/c24-9-4-12(26)10-6-15(20(35-14(10)5-9)8-1-2-11(25)13(27)3-8)36-23-19(30)18(29)17(28)16(37-23)7-34-22(33)21(31)32/h1-6,16-20,23-30H,7H2,(H,31,32)/p+1. The molecule has 0 bridgehead atoms. The maximum absolute atomic E-state index is 11.3. The minimum atomic E-state index is -1.89. The van der Waals surface area contributed by atoms with Gasteiger partial charge in [0, 0.05) is 12.1 Å². The van der Waals surface area contributed by atoms with E-state index in [9.17, 15) is 45.3 Å². The number of aliphatic hydroxyl groups is 4. The molecule has 2 heterocycles. The molecule has 14 heteroatoms. The number of carbonyl (C=O) groups is 2. The van der Waals surface area contributed by atoms with Crippen molar-refractivity contribution in [2.24, 2.45) is 0 Å². The highest BCUT2D eigenvalue weighted by atomic mass is 16.7. The molecule has 2 aliphatic heterocycles. The van der Waals surface area contributed by atoms with Crippen LogP contribution in [0.1, 0.15) is 17.2 Å². The molecule has 2 aliphatic rings. The summed E-state index contributed by atoms with van der Waals surface area (Å²) in [6.07, 6.45) is -8.46. The van der Waals surface area contributed by atoms with Crippen molar-refractivity contribution >= 4 is 18.0 Å². The number of hydrogen-bond acceptors (Lipinski definition) is 12. The number of ether oxygens (including phenoxy) is 4. The van der Waals surface area contributed by atoms with Crippen LogP contribution < -0.4 is 0 Å². The summed E-state index contributed by atoms with van der Waals surface area (Å²) in [5.74, 6) is -5.03. The van der Waals surface area contributed by atoms with Crippen LogP contribution in [0, 0.1) is 0 Å². The van der Waals surface area contributed by atoms with Gasteiger partial charge in [0.1, 0.15) is 48.1 Å². The minimum absolute atomic E-state index is 0.0903. The molecule has 0 aromatic heterocycles. The molecule has 4 rings (SSSR count). The van der Waals surface area contributed by atoms with Crippen LogP contribution in [0.25, 0.3) is 6.08 Å². The van der Waals surface area contributed by atoms with Crippen LogP contribution >= 0.6 is 0 Å². The first kappa shape index (κ1) is 25.8. The summed E-state index contributed by atoms with van der Waals surface area (Å²) in [6.45, 7) is -0.794. The van der Waals surface area contributed by atoms with Gasteiger partial charge in [0.15, 0.2) is 17.3 Å². The van der Waals surface area contributed by atoms with Gasteiger partial charge in [-0.1, -0.05) is 0 Å². The minimum Gasteiger partial charge on any atom is -0.571 e. The lowest BCUT2D eigenvalue weighted by Crippen LogP contribution is -2.59. The second-order valence-corrected chi connectivity index (χ2v) is 8.26. The van der Waals surface area contributed by atoms with E-state index >= 15 is 0 Å². The summed E-state index contributed by atoms with van der Waals surface area (Å²) in [5, 5.41) is 79.4. The molecule has 1 fully saturated rings. The Kier molecular flexibility index (Phi) is 7.00. The van der Waals surface area contributed by atoms with Gasteiger partial charge in [-0.05, 0) is 18.2 Å². The summed E-state index contributed by atoms with van der Waals surface area (Å²) < 4.78 is 20.2. The second-order valence-electron chi connectivity index (χ2n) is 8.26. The number of fused-ring (bicyclic) bond motifs is 1. The molecular weight excluding hydrogens is 500 g/mol. The number of hydrogen-bond donors (Lipinski definition) is 8. The van der Waals surface area contributed by atoms with Crippen molar-refractivity contribution in [1.29, 1.82) is 0 Å². The second kappa shape index (κ2) is 10.0. The monoisotopic (exact) mass is 523 g/mol. The molecule has 9 N–H and O–H groups in total. The zero-order valence-corrected chi connectivity index (χ0v) is 18.7. The molecule has 0 amide bonds. The molecule has 14 nitrogen and oxygen atoms in total. The maximum atomic E-state index is 11.3. The van der Waals surface area contributed by atoms with Gasteiger partial charge in [0.2, 0.25) is 6.29 Å². The number of aliphatic hydroxyl groups excluding tert-OH is 3. The Bertz CT molecular complexity index is 1240. The van der Waals surface area contributed by atoms with Crippen LogP contribution in [0.15, 0.2) is 36.1 Å². The largest absolute Gasteiger partial charge is 0.571 e. The van der Waals surface area contributed by atoms with Gasteiger partial charge in [-0.25, -0.2) is 9.59 Å². The average molecular weight is 523 g/mol. The van der Waals surface area contributed by atoms with Gasteiger partial charge in [0.25, 0.3) is 11.9 Å². The fourth-order valence-corrected chi connectivity index (χ4v) is 3.84. The first-order chi connectivity index (χ1) is 17.5. The van der Waals surface area contributed by atoms with E-state index in [4.69, 9.17) is 14.6 Å². The molecule has 198 valence electrons. The first-order valence-corrected chi connectivity index (χ1v) is 10.7. The molecule has 2 aromatic carbocycles. The number of rotatable bonds is 5. The highest BCUT2D eigenvalue weighted by molar-refractivity contribution is 6.28. The summed E-state index contributed by atoms with van der Waals surface area (Å²) in [6, 6.07) is 6.08. The fourth-order valence-electron chi connectivity index (χ4n) is 3.84. The zero-order chi connectivity index (χ0) is 27.0. The SMILES string of the molecule is O=C(O)C(=O)OCC1OC(OC2=Cc3c(O)cc(O)cc3[OH+]C2c2ccc(O)c(O)c2)C(O)C(O)C1O. The Labute approximate surface area is 207 Å². The van der Waals surface area contributed by atoms with Crippen molar-refractivity contribution in [3.63, 3.8) is 0 Å². The van der Waals surface area contributed by atoms with Gasteiger partial charge in [-0.2, -0.15) is 0 Å². The van der Waals surface area contributed by atoms with Crippen LogP contribution in [-0.4, -0.2) is 94.8 Å². The van der Waals surface area contributed by atoms with E-state index in [0.29, 0.717) is 0 Å². The van der Waals surface area contributed by atoms with Gasteiger partial charge >= 0.3 is 11.9 Å². The topological polar surface area (TPSA) is 236 Å². The Hall–Kier alpha value is -4.24. The number of carboxylic acid groups (broad SMARTS) is 1. The molecule has 37 heavy (non-hydrogen) atoms. The lowest BCUT2D eigenvalue weighted by molar-refractivity contribution is -0.296. The third kappa shape index (κ3) is 5.17. The van der Waals surface area contributed by atoms with E-state index in [2.05, 4.69) is 9.47 Å². The third-order valence-electron chi connectivity index (χ3n) is 5.73. The van der Waals surface area contributed by atoms with E-state index < -0.39 is 66.9 Å². The smallest absolute Gasteiger partial charge is 0.417 e. The highest BCUT2D eigenvalue weighted by Gasteiger charge is 2.47. The molecule has 0 aliphatic carbocycles. The Morgan fingerprint density at radius 2 is 1.65 bits per heavy atom. The van der Waals surface area contributed by atoms with Crippen molar-refractivity contribution in [2.45, 2.75) is 36.8 Å². The molecule has 6 unspecified atom stereocenters. The van der Waals surface area contributed by atoms with Gasteiger partial charge in [-0.3, -0.25) is 0 Å². The van der Waals surface area contributed by atoms with Crippen molar-refractivity contribution in [3.8, 4) is 28.7 Å². The predicted octanol–water partition coefficient (Wildman–Crippen LogP) is -0.702. The van der Waals surface area contributed by atoms with E-state index in [0.717, 1.165) is 6.07 Å². The van der Waals surface area contributed by atoms with E-state index in [1.807, 2.05) is 0 Å². The molecule has 0 spiro atoms. The average Bonchev–Trinajstić information content (AvgIpc) is 2.84. The summed E-state index contributed by atoms with van der Waals surface area (Å²) >= 11 is 0. The molecule has 2 aromatic rings. The fraction of sp³-hybridized carbons (Fsp3) is 0.304.